The van der Waals surface area contributed by atoms with Crippen LogP contribution < -0.4 is 0 Å². The van der Waals surface area contributed by atoms with Gasteiger partial charge in [0.15, 0.2) is 11.5 Å². The first-order valence-corrected chi connectivity index (χ1v) is 6.77. The summed E-state index contributed by atoms with van der Waals surface area (Å²) in [5, 5.41) is 0. The van der Waals surface area contributed by atoms with Crippen molar-refractivity contribution in [3.63, 3.8) is 0 Å². The van der Waals surface area contributed by atoms with Gasteiger partial charge in [0.2, 0.25) is 0 Å². The van der Waals surface area contributed by atoms with Crippen LogP contribution in [-0.4, -0.2) is 13.7 Å². The van der Waals surface area contributed by atoms with E-state index in [1.54, 1.807) is 12.2 Å². The third-order valence-electron chi connectivity index (χ3n) is 3.42. The van der Waals surface area contributed by atoms with E-state index in [1.807, 2.05) is 19.1 Å². The monoisotopic (exact) mass is 284 g/mol. The Bertz CT molecular complexity index is 422. The highest BCUT2D eigenvalue weighted by atomic mass is 19.3. The number of ether oxygens (including phenoxy) is 2. The van der Waals surface area contributed by atoms with E-state index >= 15 is 0 Å². The molecule has 0 aliphatic heterocycles. The minimum Gasteiger partial charge on any atom is -0.493 e. The van der Waals surface area contributed by atoms with Crippen molar-refractivity contribution in [1.29, 1.82) is 0 Å². The zero-order valence-corrected chi connectivity index (χ0v) is 12.2. The Kier molecular flexibility index (Phi) is 6.49. The van der Waals surface area contributed by atoms with E-state index in [1.165, 1.54) is 7.11 Å². The van der Waals surface area contributed by atoms with Gasteiger partial charge in [0, 0.05) is 5.92 Å². The molecule has 0 radical (unpaired) electrons. The number of hydrogen-bond acceptors (Lipinski definition) is 2. The number of methoxy groups -OCH3 is 1. The fourth-order valence-electron chi connectivity index (χ4n) is 2.20. The highest BCUT2D eigenvalue weighted by Crippen LogP contribution is 2.30. The lowest BCUT2D eigenvalue weighted by Crippen LogP contribution is -2.11. The zero-order valence-electron chi connectivity index (χ0n) is 12.2. The maximum atomic E-state index is 12.7. The van der Waals surface area contributed by atoms with E-state index in [9.17, 15) is 8.78 Å². The van der Waals surface area contributed by atoms with Gasteiger partial charge in [-0.1, -0.05) is 38.7 Å². The van der Waals surface area contributed by atoms with Crippen LogP contribution in [0.2, 0.25) is 0 Å². The number of rotatable bonds is 5. The Labute approximate surface area is 119 Å². The van der Waals surface area contributed by atoms with Crippen LogP contribution in [0, 0.1) is 11.8 Å². The standard InChI is InChI=1S/C16H22F2O2/c1-5-12-9-7-8-11(3)13(6-2)10-14(19-4)15(12)20-16(17)18/h6-7,9-12,16H,2,5,8H2,1,3-4H3/b9-7+,13-10-,15-14-. The highest BCUT2D eigenvalue weighted by Gasteiger charge is 2.22. The summed E-state index contributed by atoms with van der Waals surface area (Å²) in [6.07, 6.45) is 8.87. The molecule has 0 saturated carbocycles. The van der Waals surface area contributed by atoms with Crippen molar-refractivity contribution < 1.29 is 18.3 Å². The maximum Gasteiger partial charge on any atom is 0.387 e. The SMILES string of the molecule is C=C/C1=C/C(OC)=C(/OC(F)F)C(CC)/C=C/CC1C. The Hall–Kier alpha value is -1.58. The highest BCUT2D eigenvalue weighted by molar-refractivity contribution is 5.32. The normalized spacial score (nSPS) is 31.6. The minimum atomic E-state index is -2.86. The lowest BCUT2D eigenvalue weighted by atomic mass is 9.97. The Morgan fingerprint density at radius 3 is 2.70 bits per heavy atom. The second kappa shape index (κ2) is 7.88. The van der Waals surface area contributed by atoms with Gasteiger partial charge in [-0.15, -0.1) is 0 Å². The Morgan fingerprint density at radius 1 is 1.50 bits per heavy atom. The quantitative estimate of drug-likeness (QED) is 0.674. The average molecular weight is 284 g/mol. The molecule has 20 heavy (non-hydrogen) atoms. The number of hydrogen-bond donors (Lipinski definition) is 0. The summed E-state index contributed by atoms with van der Waals surface area (Å²) in [7, 11) is 1.46. The molecule has 112 valence electrons. The summed E-state index contributed by atoms with van der Waals surface area (Å²) in [5.41, 5.74) is 0.943. The van der Waals surface area contributed by atoms with Gasteiger partial charge >= 0.3 is 6.61 Å². The van der Waals surface area contributed by atoms with E-state index in [4.69, 9.17) is 9.47 Å². The van der Waals surface area contributed by atoms with Crippen molar-refractivity contribution in [1.82, 2.24) is 0 Å². The summed E-state index contributed by atoms with van der Waals surface area (Å²) in [6, 6.07) is 0. The largest absolute Gasteiger partial charge is 0.493 e. The van der Waals surface area contributed by atoms with Gasteiger partial charge in [0.05, 0.1) is 7.11 Å². The Balaban J connectivity index is 3.36. The van der Waals surface area contributed by atoms with Crippen LogP contribution in [0.15, 0.2) is 48.0 Å². The summed E-state index contributed by atoms with van der Waals surface area (Å²) in [5.74, 6) is 0.545. The van der Waals surface area contributed by atoms with Crippen LogP contribution in [0.3, 0.4) is 0 Å². The van der Waals surface area contributed by atoms with Crippen molar-refractivity contribution >= 4 is 0 Å². The number of alkyl halides is 2. The molecule has 0 spiro atoms. The fraction of sp³-hybridized carbons (Fsp3) is 0.500. The smallest absolute Gasteiger partial charge is 0.387 e. The lowest BCUT2D eigenvalue weighted by Gasteiger charge is -2.18. The Morgan fingerprint density at radius 2 is 2.20 bits per heavy atom. The molecule has 0 aromatic carbocycles. The molecule has 4 heteroatoms. The molecule has 0 heterocycles. The van der Waals surface area contributed by atoms with Crippen LogP contribution in [0.4, 0.5) is 8.78 Å². The van der Waals surface area contributed by atoms with Gasteiger partial charge < -0.3 is 9.47 Å². The van der Waals surface area contributed by atoms with Gasteiger partial charge in [-0.2, -0.15) is 8.78 Å². The van der Waals surface area contributed by atoms with E-state index in [2.05, 4.69) is 13.5 Å². The van der Waals surface area contributed by atoms with Gasteiger partial charge in [-0.25, -0.2) is 0 Å². The van der Waals surface area contributed by atoms with Gasteiger partial charge in [-0.3, -0.25) is 0 Å². The molecule has 0 saturated heterocycles. The predicted molar refractivity (Wildman–Crippen MR) is 76.1 cm³/mol. The molecule has 1 aliphatic rings. The van der Waals surface area contributed by atoms with Crippen molar-refractivity contribution in [3.8, 4) is 0 Å². The predicted octanol–water partition coefficient (Wildman–Crippen LogP) is 4.82. The zero-order chi connectivity index (χ0) is 15.1. The van der Waals surface area contributed by atoms with Crippen molar-refractivity contribution in [3.05, 3.63) is 48.0 Å². The first kappa shape index (κ1) is 16.5. The molecule has 1 aliphatic carbocycles. The van der Waals surface area contributed by atoms with Crippen molar-refractivity contribution in [2.24, 2.45) is 11.8 Å². The molecule has 0 aromatic rings. The second-order valence-corrected chi connectivity index (χ2v) is 4.74. The van der Waals surface area contributed by atoms with Gasteiger partial charge in [-0.05, 0) is 30.4 Å². The molecule has 0 fully saturated rings. The third-order valence-corrected chi connectivity index (χ3v) is 3.42. The van der Waals surface area contributed by atoms with E-state index in [0.29, 0.717) is 12.2 Å². The van der Waals surface area contributed by atoms with Crippen molar-refractivity contribution in [2.75, 3.05) is 7.11 Å². The van der Waals surface area contributed by atoms with E-state index in [-0.39, 0.29) is 17.6 Å². The number of halogens is 2. The van der Waals surface area contributed by atoms with Gasteiger partial charge in [0.1, 0.15) is 0 Å². The molecule has 0 aromatic heterocycles. The first-order chi connectivity index (χ1) is 9.53. The minimum absolute atomic E-state index is 0.176. The van der Waals surface area contributed by atoms with Gasteiger partial charge in [0.25, 0.3) is 0 Å². The molecule has 0 amide bonds. The van der Waals surface area contributed by atoms with Crippen LogP contribution >= 0.6 is 0 Å². The third kappa shape index (κ3) is 4.22. The molecule has 1 rings (SSSR count). The van der Waals surface area contributed by atoms with Crippen LogP contribution in [-0.2, 0) is 9.47 Å². The number of allylic oxidation sites excluding steroid dienone is 5. The van der Waals surface area contributed by atoms with Crippen LogP contribution in [0.1, 0.15) is 26.7 Å². The van der Waals surface area contributed by atoms with E-state index < -0.39 is 6.61 Å². The van der Waals surface area contributed by atoms with E-state index in [0.717, 1.165) is 12.0 Å². The molecule has 0 N–H and O–H groups in total. The summed E-state index contributed by atoms with van der Waals surface area (Å²) < 4.78 is 35.3. The topological polar surface area (TPSA) is 18.5 Å². The maximum absolute atomic E-state index is 12.7. The summed E-state index contributed by atoms with van der Waals surface area (Å²) >= 11 is 0. The molecule has 2 unspecified atom stereocenters. The van der Waals surface area contributed by atoms with Crippen LogP contribution in [0.25, 0.3) is 0 Å². The molecular weight excluding hydrogens is 262 g/mol. The fourth-order valence-corrected chi connectivity index (χ4v) is 2.20. The molecular formula is C16H22F2O2. The lowest BCUT2D eigenvalue weighted by molar-refractivity contribution is -0.106. The van der Waals surface area contributed by atoms with Crippen molar-refractivity contribution in [2.45, 2.75) is 33.3 Å². The molecule has 2 atom stereocenters. The molecule has 0 bridgehead atoms. The van der Waals surface area contributed by atoms with Crippen LogP contribution in [0.5, 0.6) is 0 Å². The average Bonchev–Trinajstić information content (AvgIpc) is 2.47. The second-order valence-electron chi connectivity index (χ2n) is 4.74. The summed E-state index contributed by atoms with van der Waals surface area (Å²) in [4.78, 5) is 0. The first-order valence-electron chi connectivity index (χ1n) is 6.77. The summed E-state index contributed by atoms with van der Waals surface area (Å²) in [6.45, 7) is 4.90. The molecule has 2 nitrogen and oxygen atoms in total.